The van der Waals surface area contributed by atoms with Gasteiger partial charge in [0.1, 0.15) is 5.15 Å². The summed E-state index contributed by atoms with van der Waals surface area (Å²) in [5.74, 6) is -0.537. The monoisotopic (exact) mass is 278 g/mol. The summed E-state index contributed by atoms with van der Waals surface area (Å²) in [6, 6.07) is 1.31. The van der Waals surface area contributed by atoms with Crippen molar-refractivity contribution in [2.24, 2.45) is 0 Å². The second-order valence-electron chi connectivity index (χ2n) is 3.82. The van der Waals surface area contributed by atoms with Gasteiger partial charge in [0.2, 0.25) is 0 Å². The van der Waals surface area contributed by atoms with E-state index in [1.54, 1.807) is 0 Å². The number of aromatic nitrogens is 1. The van der Waals surface area contributed by atoms with Gasteiger partial charge < -0.3 is 15.5 Å². The van der Waals surface area contributed by atoms with Gasteiger partial charge in [0.25, 0.3) is 5.91 Å². The van der Waals surface area contributed by atoms with Crippen LogP contribution in [0, 0.1) is 0 Å². The highest BCUT2D eigenvalue weighted by atomic mass is 35.5. The largest absolute Gasteiger partial charge is 0.394 e. The van der Waals surface area contributed by atoms with Gasteiger partial charge in [-0.3, -0.25) is 4.79 Å². The molecular formula is C10H12Cl2N2O3. The molecule has 3 N–H and O–H groups in total. The lowest BCUT2D eigenvalue weighted by Crippen LogP contribution is -2.51. The van der Waals surface area contributed by atoms with Crippen molar-refractivity contribution in [3.8, 4) is 0 Å². The standard InChI is InChI=1S/C10H12Cl2N2O3/c1-10(4-15,5-16)14-9(17)6-2-8(12)13-3-7(6)11/h2-3,15-16H,4-5H2,1H3,(H,14,17). The number of hydrogen-bond donors (Lipinski definition) is 3. The molecule has 5 nitrogen and oxygen atoms in total. The summed E-state index contributed by atoms with van der Waals surface area (Å²) in [4.78, 5) is 15.6. The summed E-state index contributed by atoms with van der Waals surface area (Å²) in [7, 11) is 0. The maximum Gasteiger partial charge on any atom is 0.253 e. The number of aliphatic hydroxyl groups excluding tert-OH is 2. The first-order valence-corrected chi connectivity index (χ1v) is 5.53. The van der Waals surface area contributed by atoms with Crippen LogP contribution in [0.3, 0.4) is 0 Å². The first-order chi connectivity index (χ1) is 7.91. The summed E-state index contributed by atoms with van der Waals surface area (Å²) < 4.78 is 0. The van der Waals surface area contributed by atoms with Gasteiger partial charge >= 0.3 is 0 Å². The van der Waals surface area contributed by atoms with Gasteiger partial charge in [-0.2, -0.15) is 0 Å². The third kappa shape index (κ3) is 3.54. The number of amides is 1. The molecule has 0 unspecified atom stereocenters. The molecule has 0 bridgehead atoms. The average molecular weight is 279 g/mol. The molecule has 94 valence electrons. The zero-order chi connectivity index (χ0) is 13.1. The Bertz CT molecular complexity index is 422. The van der Waals surface area contributed by atoms with E-state index < -0.39 is 24.7 Å². The molecule has 0 atom stereocenters. The molecule has 1 heterocycles. The first-order valence-electron chi connectivity index (χ1n) is 4.77. The minimum atomic E-state index is -1.11. The maximum absolute atomic E-state index is 11.8. The summed E-state index contributed by atoms with van der Waals surface area (Å²) in [5, 5.41) is 20.9. The van der Waals surface area contributed by atoms with Crippen LogP contribution in [0.5, 0.6) is 0 Å². The maximum atomic E-state index is 11.8. The molecule has 1 aromatic rings. The highest BCUT2D eigenvalue weighted by molar-refractivity contribution is 6.35. The van der Waals surface area contributed by atoms with E-state index in [1.807, 2.05) is 0 Å². The van der Waals surface area contributed by atoms with Crippen LogP contribution in [0.1, 0.15) is 17.3 Å². The van der Waals surface area contributed by atoms with E-state index in [4.69, 9.17) is 33.4 Å². The number of nitrogens with one attached hydrogen (secondary N) is 1. The lowest BCUT2D eigenvalue weighted by Gasteiger charge is -2.26. The molecule has 0 fully saturated rings. The number of hydrogen-bond acceptors (Lipinski definition) is 4. The van der Waals surface area contributed by atoms with Crippen LogP contribution in [-0.2, 0) is 0 Å². The Morgan fingerprint density at radius 1 is 1.47 bits per heavy atom. The second-order valence-corrected chi connectivity index (χ2v) is 4.61. The molecule has 0 aliphatic rings. The fourth-order valence-electron chi connectivity index (χ4n) is 1.06. The lowest BCUT2D eigenvalue weighted by molar-refractivity contribution is 0.0724. The van der Waals surface area contributed by atoms with E-state index in [-0.39, 0.29) is 15.7 Å². The predicted molar refractivity (Wildman–Crippen MR) is 64.3 cm³/mol. The Labute approximate surface area is 108 Å². The smallest absolute Gasteiger partial charge is 0.253 e. The van der Waals surface area contributed by atoms with Gasteiger partial charge in [-0.05, 0) is 13.0 Å². The molecule has 0 saturated carbocycles. The number of carbonyl (C=O) groups is 1. The van der Waals surface area contributed by atoms with Crippen LogP contribution in [0.15, 0.2) is 12.3 Å². The fourth-order valence-corrected chi connectivity index (χ4v) is 1.40. The molecule has 0 aliphatic heterocycles. The lowest BCUT2D eigenvalue weighted by atomic mass is 10.0. The summed E-state index contributed by atoms with van der Waals surface area (Å²) >= 11 is 11.5. The van der Waals surface area contributed by atoms with Gasteiger partial charge in [-0.25, -0.2) is 4.98 Å². The molecular weight excluding hydrogens is 267 g/mol. The zero-order valence-corrected chi connectivity index (χ0v) is 10.6. The number of rotatable bonds is 4. The molecule has 7 heteroatoms. The van der Waals surface area contributed by atoms with Crippen LogP contribution in [-0.4, -0.2) is 39.9 Å². The van der Waals surface area contributed by atoms with Crippen LogP contribution >= 0.6 is 23.2 Å². The van der Waals surface area contributed by atoms with Gasteiger partial charge in [0.05, 0.1) is 29.3 Å². The minimum absolute atomic E-state index is 0.134. The number of nitrogens with zero attached hydrogens (tertiary/aromatic N) is 1. The molecule has 0 saturated heterocycles. The molecule has 0 aromatic carbocycles. The van der Waals surface area contributed by atoms with E-state index in [2.05, 4.69) is 10.3 Å². The average Bonchev–Trinajstić information content (AvgIpc) is 2.32. The van der Waals surface area contributed by atoms with Crippen LogP contribution in [0.2, 0.25) is 10.2 Å². The normalized spacial score (nSPS) is 11.4. The van der Waals surface area contributed by atoms with Crippen molar-refractivity contribution in [1.29, 1.82) is 0 Å². The van der Waals surface area contributed by atoms with Crippen molar-refractivity contribution < 1.29 is 15.0 Å². The Hall–Kier alpha value is -0.880. The number of carbonyl (C=O) groups excluding carboxylic acids is 1. The van der Waals surface area contributed by atoms with E-state index in [0.29, 0.717) is 0 Å². The van der Waals surface area contributed by atoms with E-state index in [0.717, 1.165) is 0 Å². The van der Waals surface area contributed by atoms with Crippen LogP contribution in [0.25, 0.3) is 0 Å². The predicted octanol–water partition coefficient (Wildman–Crippen LogP) is 0.861. The zero-order valence-electron chi connectivity index (χ0n) is 9.07. The summed E-state index contributed by atoms with van der Waals surface area (Å²) in [6.45, 7) is 0.707. The Morgan fingerprint density at radius 2 is 2.06 bits per heavy atom. The summed E-state index contributed by atoms with van der Waals surface area (Å²) in [5.41, 5.74) is -0.976. The molecule has 17 heavy (non-hydrogen) atoms. The highest BCUT2D eigenvalue weighted by Gasteiger charge is 2.26. The molecule has 1 aromatic heterocycles. The molecule has 0 spiro atoms. The fraction of sp³-hybridized carbons (Fsp3) is 0.400. The van der Waals surface area contributed by atoms with Gasteiger partial charge in [-0.1, -0.05) is 23.2 Å². The first kappa shape index (κ1) is 14.2. The Morgan fingerprint density at radius 3 is 2.59 bits per heavy atom. The van der Waals surface area contributed by atoms with Gasteiger partial charge in [-0.15, -0.1) is 0 Å². The van der Waals surface area contributed by atoms with Crippen molar-refractivity contribution in [3.63, 3.8) is 0 Å². The number of halogens is 2. The Kier molecular flexibility index (Phi) is 4.70. The topological polar surface area (TPSA) is 82.5 Å². The van der Waals surface area contributed by atoms with Crippen molar-refractivity contribution in [1.82, 2.24) is 10.3 Å². The van der Waals surface area contributed by atoms with Crippen molar-refractivity contribution in [2.75, 3.05) is 13.2 Å². The van der Waals surface area contributed by atoms with Crippen LogP contribution < -0.4 is 5.32 Å². The molecule has 0 aliphatic carbocycles. The third-order valence-corrected chi connectivity index (χ3v) is 2.69. The summed E-state index contributed by atoms with van der Waals surface area (Å²) in [6.07, 6.45) is 1.26. The third-order valence-electron chi connectivity index (χ3n) is 2.18. The number of aliphatic hydroxyl groups is 2. The van der Waals surface area contributed by atoms with Gasteiger partial charge in [0.15, 0.2) is 0 Å². The van der Waals surface area contributed by atoms with Crippen molar-refractivity contribution in [3.05, 3.63) is 28.0 Å². The Balaban J connectivity index is 2.94. The van der Waals surface area contributed by atoms with Crippen molar-refractivity contribution in [2.45, 2.75) is 12.5 Å². The second kappa shape index (κ2) is 5.64. The van der Waals surface area contributed by atoms with Crippen LogP contribution in [0.4, 0.5) is 0 Å². The number of pyridine rings is 1. The van der Waals surface area contributed by atoms with Crippen molar-refractivity contribution >= 4 is 29.1 Å². The quantitative estimate of drug-likeness (QED) is 0.714. The van der Waals surface area contributed by atoms with Gasteiger partial charge in [0, 0.05) is 6.20 Å². The van der Waals surface area contributed by atoms with E-state index >= 15 is 0 Å². The van der Waals surface area contributed by atoms with E-state index in [9.17, 15) is 4.79 Å². The highest BCUT2D eigenvalue weighted by Crippen LogP contribution is 2.18. The minimum Gasteiger partial charge on any atom is -0.394 e. The molecule has 0 radical (unpaired) electrons. The molecule has 1 amide bonds. The SMILES string of the molecule is CC(CO)(CO)NC(=O)c1cc(Cl)ncc1Cl. The van der Waals surface area contributed by atoms with E-state index in [1.165, 1.54) is 19.2 Å². The molecule has 1 rings (SSSR count).